The van der Waals surface area contributed by atoms with Gasteiger partial charge in [-0.1, -0.05) is 39.8 Å². The van der Waals surface area contributed by atoms with Crippen molar-refractivity contribution in [2.45, 2.75) is 105 Å². The van der Waals surface area contributed by atoms with E-state index in [2.05, 4.69) is 58.5 Å². The Bertz CT molecular complexity index is 2330. The summed E-state index contributed by atoms with van der Waals surface area (Å²) in [4.78, 5) is 60.4. The summed E-state index contributed by atoms with van der Waals surface area (Å²) in [5.74, 6) is -0.457. The van der Waals surface area contributed by atoms with Gasteiger partial charge in [0.05, 0.1) is 24.9 Å². The van der Waals surface area contributed by atoms with Gasteiger partial charge in [-0.05, 0) is 115 Å². The second-order valence-electron chi connectivity index (χ2n) is 18.8. The highest BCUT2D eigenvalue weighted by Gasteiger charge is 2.52. The average molecular weight is 864 g/mol. The number of hydrogen-bond donors (Lipinski definition) is 4. The lowest BCUT2D eigenvalue weighted by atomic mass is 9.84. The van der Waals surface area contributed by atoms with Crippen molar-refractivity contribution in [3.8, 4) is 28.1 Å². The maximum atomic E-state index is 14.3. The number of pyridine rings is 1. The van der Waals surface area contributed by atoms with Crippen molar-refractivity contribution in [1.82, 2.24) is 35.5 Å². The van der Waals surface area contributed by atoms with E-state index in [0.29, 0.717) is 50.1 Å². The molecule has 7 rings (SSSR count). The maximum Gasteiger partial charge on any atom is 0.302 e. The zero-order valence-electron chi connectivity index (χ0n) is 38.1. The Morgan fingerprint density at radius 1 is 1.08 bits per heavy atom. The zero-order valence-corrected chi connectivity index (χ0v) is 38.1. The number of carbonyl (C=O) groups excluding carboxylic acids is 4. The normalized spacial score (nSPS) is 19.4. The van der Waals surface area contributed by atoms with Crippen molar-refractivity contribution in [3.63, 3.8) is 0 Å². The lowest BCUT2D eigenvalue weighted by Gasteiger charge is -2.35. The molecular formula is C49H65N7O7. The molecule has 14 nitrogen and oxygen atoms in total. The number of aromatic hydroxyl groups is 1. The summed E-state index contributed by atoms with van der Waals surface area (Å²) in [5.41, 5.74) is 10.1. The molecule has 0 spiro atoms. The number of carbonyl (C=O) groups is 4. The van der Waals surface area contributed by atoms with E-state index in [9.17, 15) is 24.3 Å². The first-order chi connectivity index (χ1) is 30.1. The zero-order chi connectivity index (χ0) is 45.2. The van der Waals surface area contributed by atoms with Crippen LogP contribution in [0.2, 0.25) is 0 Å². The predicted octanol–water partition coefficient (Wildman–Crippen LogP) is 5.62. The Kier molecular flexibility index (Phi) is 13.9. The van der Waals surface area contributed by atoms with Crippen LogP contribution < -0.4 is 16.1 Å². The number of nitrogens with zero attached hydrogens (tertiary/aromatic N) is 4. The Morgan fingerprint density at radius 3 is 2.52 bits per heavy atom. The lowest BCUT2D eigenvalue weighted by Crippen LogP contribution is -2.60. The minimum absolute atomic E-state index is 0.0261. The van der Waals surface area contributed by atoms with Crippen molar-refractivity contribution < 1.29 is 33.8 Å². The van der Waals surface area contributed by atoms with Gasteiger partial charge in [0.2, 0.25) is 11.8 Å². The molecule has 1 saturated carbocycles. The molecule has 3 fully saturated rings. The highest BCUT2D eigenvalue weighted by Crippen LogP contribution is 2.46. The second kappa shape index (κ2) is 19.2. The summed E-state index contributed by atoms with van der Waals surface area (Å²) in [5, 5.41) is 20.3. The standard InChI is InChI=1S/C49H65N7O7/c1-9-55-42-13-12-32(22-38(42)39(24-49(5,6)28-63-30(4)57)45(55)40-26-50-16-14-33(40)27-62-8)34-18-31(19-36(58)21-34)20-41(47(60)56-17-11-10-15-52-56)53-46(59)44(29(2)3)54(7)48(61)43-37-23-35(37)25-51-43/h12-14,16,18-19,21-22,26,29,35,37,41,43-44,51-52,58H,9-11,15,17,20,23-25,27-28H2,1-8H3,(H,53,59)/t35-,37-,41-,43+,44-/m0/s1. The Morgan fingerprint density at radius 2 is 1.87 bits per heavy atom. The van der Waals surface area contributed by atoms with E-state index in [1.807, 2.05) is 38.2 Å². The van der Waals surface area contributed by atoms with Crippen LogP contribution in [0, 0.1) is 23.2 Å². The van der Waals surface area contributed by atoms with Crippen molar-refractivity contribution in [2.75, 3.05) is 40.4 Å². The second-order valence-corrected chi connectivity index (χ2v) is 18.8. The largest absolute Gasteiger partial charge is 0.508 e. The maximum absolute atomic E-state index is 14.3. The van der Waals surface area contributed by atoms with E-state index in [4.69, 9.17) is 9.47 Å². The summed E-state index contributed by atoms with van der Waals surface area (Å²) in [6.07, 6.45) is 7.14. The average Bonchev–Trinajstić information content (AvgIpc) is 3.81. The molecule has 4 N–H and O–H groups in total. The number of hydrazine groups is 1. The van der Waals surface area contributed by atoms with Gasteiger partial charge in [0, 0.05) is 81.4 Å². The van der Waals surface area contributed by atoms with Gasteiger partial charge in [-0.25, -0.2) is 5.43 Å². The van der Waals surface area contributed by atoms with Gasteiger partial charge in [-0.2, -0.15) is 0 Å². The van der Waals surface area contributed by atoms with E-state index in [1.165, 1.54) is 6.92 Å². The molecule has 2 aliphatic heterocycles. The number of rotatable bonds is 17. The third-order valence-electron chi connectivity index (χ3n) is 13.0. The van der Waals surface area contributed by atoms with Crippen LogP contribution in [-0.4, -0.2) is 107 Å². The number of aromatic nitrogens is 2. The molecule has 4 heterocycles. The number of benzene rings is 2. The Hall–Kier alpha value is -5.31. The van der Waals surface area contributed by atoms with Crippen LogP contribution in [0.4, 0.5) is 0 Å². The van der Waals surface area contributed by atoms with Crippen LogP contribution >= 0.6 is 0 Å². The molecule has 2 aromatic carbocycles. The topological polar surface area (TPSA) is 167 Å². The number of piperidine rings is 1. The fraction of sp³-hybridized carbons (Fsp3) is 0.531. The summed E-state index contributed by atoms with van der Waals surface area (Å²) >= 11 is 0. The first-order valence-electron chi connectivity index (χ1n) is 22.5. The van der Waals surface area contributed by atoms with Gasteiger partial charge in [-0.15, -0.1) is 0 Å². The molecule has 2 aromatic heterocycles. The van der Waals surface area contributed by atoms with Crippen molar-refractivity contribution in [2.24, 2.45) is 23.2 Å². The van der Waals surface area contributed by atoms with E-state index in [1.54, 1.807) is 42.4 Å². The quantitative estimate of drug-likeness (QED) is 0.0980. The van der Waals surface area contributed by atoms with E-state index >= 15 is 0 Å². The molecule has 2 saturated heterocycles. The summed E-state index contributed by atoms with van der Waals surface area (Å²) in [6, 6.07) is 11.5. The first-order valence-corrected chi connectivity index (χ1v) is 22.5. The van der Waals surface area contributed by atoms with Crippen LogP contribution in [0.1, 0.15) is 77.5 Å². The van der Waals surface area contributed by atoms with Gasteiger partial charge in [0.15, 0.2) is 0 Å². The fourth-order valence-electron chi connectivity index (χ4n) is 9.78. The third kappa shape index (κ3) is 10.1. The fourth-order valence-corrected chi connectivity index (χ4v) is 9.78. The number of fused-ring (bicyclic) bond motifs is 2. The van der Waals surface area contributed by atoms with Gasteiger partial charge in [0.25, 0.3) is 5.91 Å². The van der Waals surface area contributed by atoms with Gasteiger partial charge in [0.1, 0.15) is 17.8 Å². The van der Waals surface area contributed by atoms with Crippen molar-refractivity contribution in [1.29, 1.82) is 0 Å². The molecule has 0 radical (unpaired) electrons. The molecule has 1 aliphatic carbocycles. The number of methoxy groups -OCH3 is 1. The molecule has 4 aromatic rings. The molecular weight excluding hydrogens is 799 g/mol. The molecule has 63 heavy (non-hydrogen) atoms. The van der Waals surface area contributed by atoms with Crippen molar-refractivity contribution >= 4 is 34.6 Å². The number of ether oxygens (including phenoxy) is 2. The summed E-state index contributed by atoms with van der Waals surface area (Å²) < 4.78 is 13.5. The number of aryl methyl sites for hydroxylation is 1. The Labute approximate surface area is 371 Å². The minimum atomic E-state index is -0.977. The summed E-state index contributed by atoms with van der Waals surface area (Å²) in [6.45, 7) is 14.8. The van der Waals surface area contributed by atoms with Crippen molar-refractivity contribution in [3.05, 3.63) is 71.5 Å². The van der Waals surface area contributed by atoms with E-state index in [-0.39, 0.29) is 48.5 Å². The summed E-state index contributed by atoms with van der Waals surface area (Å²) in [7, 11) is 3.36. The molecule has 0 bridgehead atoms. The van der Waals surface area contributed by atoms with Crippen LogP contribution in [0.25, 0.3) is 33.3 Å². The Balaban J connectivity index is 1.25. The molecule has 14 heteroatoms. The number of amides is 3. The van der Waals surface area contributed by atoms with Crippen LogP contribution in [0.3, 0.4) is 0 Å². The lowest BCUT2D eigenvalue weighted by molar-refractivity contribution is -0.145. The minimum Gasteiger partial charge on any atom is -0.508 e. The SMILES string of the molecule is CCn1c(-c2cnccc2COC)c(CC(C)(C)COC(C)=O)c2cc(-c3cc(O)cc(C[C@H](NC(=O)[C@H](C(C)C)N(C)C(=O)[C@@H]4NC[C@@H]5C[C@@H]54)C(=O)N4CCCCN4)c3)ccc21. The molecule has 0 unspecified atom stereocenters. The number of phenolic OH excluding ortho intramolecular Hbond substituents is 1. The van der Waals surface area contributed by atoms with Gasteiger partial charge < -0.3 is 34.7 Å². The molecule has 338 valence electrons. The molecule has 5 atom stereocenters. The smallest absolute Gasteiger partial charge is 0.302 e. The highest BCUT2D eigenvalue weighted by molar-refractivity contribution is 5.96. The number of esters is 1. The van der Waals surface area contributed by atoms with Crippen LogP contribution in [0.5, 0.6) is 5.75 Å². The monoisotopic (exact) mass is 863 g/mol. The van der Waals surface area contributed by atoms with Crippen LogP contribution in [-0.2, 0) is 54.6 Å². The molecule has 3 aliphatic rings. The first kappa shape index (κ1) is 45.7. The number of phenols is 1. The predicted molar refractivity (Wildman–Crippen MR) is 242 cm³/mol. The van der Waals surface area contributed by atoms with Gasteiger partial charge >= 0.3 is 5.97 Å². The van der Waals surface area contributed by atoms with E-state index in [0.717, 1.165) is 70.2 Å². The number of nitrogens with one attached hydrogen (secondary N) is 3. The van der Waals surface area contributed by atoms with E-state index < -0.39 is 23.4 Å². The number of likely N-dealkylation sites (N-methyl/N-ethyl adjacent to an activating group) is 1. The van der Waals surface area contributed by atoms with Gasteiger partial charge in [-0.3, -0.25) is 29.2 Å². The van der Waals surface area contributed by atoms with Crippen LogP contribution in [0.15, 0.2) is 54.9 Å². The third-order valence-corrected chi connectivity index (χ3v) is 13.0. The number of hydrogen-bond acceptors (Lipinski definition) is 10. The molecule has 3 amide bonds. The highest BCUT2D eigenvalue weighted by atomic mass is 16.5.